The maximum Gasteiger partial charge on any atom is 0.185 e. The molecule has 0 radical (unpaired) electrons. The minimum Gasteiger partial charge on any atom is -0.368 e. The zero-order valence-corrected chi connectivity index (χ0v) is 13.3. The zero-order chi connectivity index (χ0) is 13.9. The lowest BCUT2D eigenvalue weighted by atomic mass is 10.1. The van der Waals surface area contributed by atoms with E-state index in [4.69, 9.17) is 0 Å². The number of alkyl halides is 1. The summed E-state index contributed by atoms with van der Waals surface area (Å²) in [5, 5.41) is 3.61. The molecule has 2 aromatic rings. The molecule has 0 spiro atoms. The van der Waals surface area contributed by atoms with E-state index in [1.807, 2.05) is 17.6 Å². The van der Waals surface area contributed by atoms with Crippen LogP contribution < -0.4 is 9.80 Å². The van der Waals surface area contributed by atoms with Gasteiger partial charge in [0.1, 0.15) is 5.82 Å². The summed E-state index contributed by atoms with van der Waals surface area (Å²) in [5.41, 5.74) is 1.75. The Hall–Kier alpha value is -1.14. The smallest absolute Gasteiger partial charge is 0.185 e. The quantitative estimate of drug-likeness (QED) is 0.785. The third-order valence-electron chi connectivity index (χ3n) is 3.54. The number of aromatic nitrogens is 1. The van der Waals surface area contributed by atoms with Crippen LogP contribution in [0.1, 0.15) is 5.56 Å². The van der Waals surface area contributed by atoms with Gasteiger partial charge in [-0.05, 0) is 12.1 Å². The van der Waals surface area contributed by atoms with Crippen LogP contribution in [-0.2, 0) is 5.33 Å². The fraction of sp³-hybridized carbons (Fsp3) is 0.357. The van der Waals surface area contributed by atoms with Gasteiger partial charge in [-0.15, -0.1) is 11.3 Å². The van der Waals surface area contributed by atoms with E-state index in [9.17, 15) is 4.39 Å². The number of anilines is 2. The summed E-state index contributed by atoms with van der Waals surface area (Å²) >= 11 is 5.05. The van der Waals surface area contributed by atoms with E-state index in [1.54, 1.807) is 17.4 Å². The molecular formula is C14H15BrFN3S. The van der Waals surface area contributed by atoms with Crippen molar-refractivity contribution in [3.63, 3.8) is 0 Å². The molecule has 1 aliphatic rings. The second kappa shape index (κ2) is 6.10. The largest absolute Gasteiger partial charge is 0.368 e. The Morgan fingerprint density at radius 3 is 2.60 bits per heavy atom. The zero-order valence-electron chi connectivity index (χ0n) is 10.9. The maximum absolute atomic E-state index is 13.8. The van der Waals surface area contributed by atoms with Crippen LogP contribution in [0.4, 0.5) is 15.2 Å². The summed E-state index contributed by atoms with van der Waals surface area (Å²) in [4.78, 5) is 8.88. The van der Waals surface area contributed by atoms with Crippen LogP contribution in [0.2, 0.25) is 0 Å². The number of benzene rings is 1. The normalized spacial score (nSPS) is 15.7. The van der Waals surface area contributed by atoms with Crippen molar-refractivity contribution in [3.8, 4) is 0 Å². The lowest BCUT2D eigenvalue weighted by molar-refractivity contribution is 0.610. The molecule has 20 heavy (non-hydrogen) atoms. The van der Waals surface area contributed by atoms with Gasteiger partial charge in [-0.25, -0.2) is 9.37 Å². The third kappa shape index (κ3) is 2.67. The first-order valence-corrected chi connectivity index (χ1v) is 8.52. The van der Waals surface area contributed by atoms with Crippen molar-refractivity contribution in [2.45, 2.75) is 5.33 Å². The number of halogens is 2. The van der Waals surface area contributed by atoms with Gasteiger partial charge in [-0.3, -0.25) is 0 Å². The van der Waals surface area contributed by atoms with E-state index in [0.717, 1.165) is 42.6 Å². The van der Waals surface area contributed by atoms with Crippen molar-refractivity contribution in [2.75, 3.05) is 36.0 Å². The molecule has 0 amide bonds. The van der Waals surface area contributed by atoms with Crippen LogP contribution >= 0.6 is 27.3 Å². The molecule has 106 valence electrons. The molecule has 1 aromatic carbocycles. The van der Waals surface area contributed by atoms with Crippen molar-refractivity contribution in [1.29, 1.82) is 0 Å². The van der Waals surface area contributed by atoms with Gasteiger partial charge in [-0.1, -0.05) is 22.0 Å². The molecule has 0 atom stereocenters. The van der Waals surface area contributed by atoms with Crippen molar-refractivity contribution >= 4 is 38.1 Å². The molecule has 1 saturated heterocycles. The van der Waals surface area contributed by atoms with Crippen LogP contribution in [0.3, 0.4) is 0 Å². The fourth-order valence-corrected chi connectivity index (χ4v) is 3.74. The molecule has 0 aliphatic carbocycles. The fourth-order valence-electron chi connectivity index (χ4n) is 2.49. The summed E-state index contributed by atoms with van der Waals surface area (Å²) in [6.07, 6.45) is 1.84. The lowest BCUT2D eigenvalue weighted by Gasteiger charge is -2.36. The van der Waals surface area contributed by atoms with E-state index in [0.29, 0.717) is 5.33 Å². The molecule has 0 saturated carbocycles. The molecule has 2 heterocycles. The minimum atomic E-state index is -0.137. The van der Waals surface area contributed by atoms with Crippen molar-refractivity contribution in [2.24, 2.45) is 0 Å². The number of nitrogens with zero attached hydrogens (tertiary/aromatic N) is 3. The number of piperazine rings is 1. The Balaban J connectivity index is 1.74. The van der Waals surface area contributed by atoms with Gasteiger partial charge in [-0.2, -0.15) is 0 Å². The van der Waals surface area contributed by atoms with Gasteiger partial charge in [0, 0.05) is 54.3 Å². The molecule has 0 bridgehead atoms. The average Bonchev–Trinajstić information content (AvgIpc) is 3.01. The van der Waals surface area contributed by atoms with Crippen LogP contribution in [0.25, 0.3) is 0 Å². The highest BCUT2D eigenvalue weighted by atomic mass is 79.9. The minimum absolute atomic E-state index is 0.137. The molecule has 6 heteroatoms. The van der Waals surface area contributed by atoms with Gasteiger partial charge >= 0.3 is 0 Å². The molecule has 1 fully saturated rings. The predicted molar refractivity (Wildman–Crippen MR) is 85.6 cm³/mol. The standard InChI is InChI=1S/C14H15BrFN3S/c15-10-11-12(16)2-1-3-13(11)18-5-7-19(8-6-18)14-17-4-9-20-14/h1-4,9H,5-8,10H2. The second-order valence-electron chi connectivity index (χ2n) is 4.66. The van der Waals surface area contributed by atoms with Gasteiger partial charge in [0.15, 0.2) is 5.13 Å². The summed E-state index contributed by atoms with van der Waals surface area (Å²) in [7, 11) is 0. The van der Waals surface area contributed by atoms with Gasteiger partial charge in [0.05, 0.1) is 0 Å². The van der Waals surface area contributed by atoms with Crippen LogP contribution in [-0.4, -0.2) is 31.2 Å². The maximum atomic E-state index is 13.8. The highest BCUT2D eigenvalue weighted by Crippen LogP contribution is 2.27. The average molecular weight is 356 g/mol. The topological polar surface area (TPSA) is 19.4 Å². The Labute approximate surface area is 130 Å². The van der Waals surface area contributed by atoms with E-state index >= 15 is 0 Å². The summed E-state index contributed by atoms with van der Waals surface area (Å²) in [6, 6.07) is 5.30. The highest BCUT2D eigenvalue weighted by Gasteiger charge is 2.21. The molecule has 3 nitrogen and oxygen atoms in total. The monoisotopic (exact) mass is 355 g/mol. The number of rotatable bonds is 3. The van der Waals surface area contributed by atoms with Crippen LogP contribution in [0.5, 0.6) is 0 Å². The Morgan fingerprint density at radius 2 is 1.95 bits per heavy atom. The first kappa shape index (κ1) is 13.8. The number of hydrogen-bond donors (Lipinski definition) is 0. The molecule has 0 N–H and O–H groups in total. The van der Waals surface area contributed by atoms with Gasteiger partial charge < -0.3 is 9.80 Å². The first-order valence-electron chi connectivity index (χ1n) is 6.52. The van der Waals surface area contributed by atoms with Gasteiger partial charge in [0.25, 0.3) is 0 Å². The first-order chi connectivity index (χ1) is 9.79. The van der Waals surface area contributed by atoms with E-state index in [2.05, 4.69) is 30.7 Å². The third-order valence-corrected chi connectivity index (χ3v) is 4.93. The Bertz CT molecular complexity index is 568. The van der Waals surface area contributed by atoms with Crippen molar-refractivity contribution in [3.05, 3.63) is 41.2 Å². The number of hydrogen-bond acceptors (Lipinski definition) is 4. The highest BCUT2D eigenvalue weighted by molar-refractivity contribution is 9.08. The molecule has 0 unspecified atom stereocenters. The van der Waals surface area contributed by atoms with Crippen LogP contribution in [0.15, 0.2) is 29.8 Å². The molecule has 1 aliphatic heterocycles. The molecule has 1 aromatic heterocycles. The Kier molecular flexibility index (Phi) is 4.21. The Morgan fingerprint density at radius 1 is 1.20 bits per heavy atom. The van der Waals surface area contributed by atoms with E-state index in [-0.39, 0.29) is 5.82 Å². The van der Waals surface area contributed by atoms with Crippen molar-refractivity contribution in [1.82, 2.24) is 4.98 Å². The SMILES string of the molecule is Fc1cccc(N2CCN(c3nccs3)CC2)c1CBr. The van der Waals surface area contributed by atoms with E-state index < -0.39 is 0 Å². The van der Waals surface area contributed by atoms with E-state index in [1.165, 1.54) is 6.07 Å². The van der Waals surface area contributed by atoms with Crippen molar-refractivity contribution < 1.29 is 4.39 Å². The van der Waals surface area contributed by atoms with Crippen LogP contribution in [0, 0.1) is 5.82 Å². The predicted octanol–water partition coefficient (Wildman–Crippen LogP) is 3.50. The number of thiazole rings is 1. The summed E-state index contributed by atoms with van der Waals surface area (Å²) in [6.45, 7) is 3.63. The summed E-state index contributed by atoms with van der Waals surface area (Å²) < 4.78 is 13.8. The van der Waals surface area contributed by atoms with Gasteiger partial charge in [0.2, 0.25) is 0 Å². The molecule has 3 rings (SSSR count). The summed E-state index contributed by atoms with van der Waals surface area (Å²) in [5.74, 6) is -0.137. The lowest BCUT2D eigenvalue weighted by Crippen LogP contribution is -2.46. The molecular weight excluding hydrogens is 341 g/mol. The second-order valence-corrected chi connectivity index (χ2v) is 6.09.